The number of hydrogen-bond acceptors (Lipinski definition) is 5. The monoisotopic (exact) mass is 475 g/mol. The second kappa shape index (κ2) is 9.30. The standard InChI is InChI=1S/C26H25N3O4S/c1-33-19-7-4-16(5-8-19)17-6-9-22-21(13-17)26(32)29-11-10-18(14-23(29)25(31)28-22)27-24(30)15-20-3-2-12-34-20/h2-9,12-13,18,23H,10-11,14-15H2,1H3,(H,27,30)(H,28,31)/t18-,23-/m0/s1. The molecule has 2 N–H and O–H groups in total. The summed E-state index contributed by atoms with van der Waals surface area (Å²) in [7, 11) is 1.62. The Balaban J connectivity index is 1.33. The minimum Gasteiger partial charge on any atom is -0.497 e. The van der Waals surface area contributed by atoms with Crippen LogP contribution in [0.3, 0.4) is 0 Å². The summed E-state index contributed by atoms with van der Waals surface area (Å²) in [5, 5.41) is 7.92. The molecule has 2 aliphatic heterocycles. The maximum absolute atomic E-state index is 13.5. The molecular formula is C26H25N3O4S. The largest absolute Gasteiger partial charge is 0.497 e. The Morgan fingerprint density at radius 2 is 1.94 bits per heavy atom. The summed E-state index contributed by atoms with van der Waals surface area (Å²) in [6.07, 6.45) is 1.33. The molecule has 1 fully saturated rings. The van der Waals surface area contributed by atoms with Gasteiger partial charge < -0.3 is 20.3 Å². The molecule has 7 nitrogen and oxygen atoms in total. The van der Waals surface area contributed by atoms with Gasteiger partial charge in [0.1, 0.15) is 11.8 Å². The van der Waals surface area contributed by atoms with Crippen LogP contribution in [-0.2, 0) is 16.0 Å². The van der Waals surface area contributed by atoms with Crippen molar-refractivity contribution in [3.63, 3.8) is 0 Å². The minimum atomic E-state index is -0.620. The Kier molecular flexibility index (Phi) is 6.06. The van der Waals surface area contributed by atoms with Crippen LogP contribution in [-0.4, -0.2) is 48.4 Å². The van der Waals surface area contributed by atoms with E-state index in [1.807, 2.05) is 53.9 Å². The fourth-order valence-corrected chi connectivity index (χ4v) is 5.31. The van der Waals surface area contributed by atoms with Crippen molar-refractivity contribution in [1.82, 2.24) is 10.2 Å². The third kappa shape index (κ3) is 4.41. The van der Waals surface area contributed by atoms with Crippen molar-refractivity contribution in [3.05, 3.63) is 70.4 Å². The lowest BCUT2D eigenvalue weighted by molar-refractivity contribution is -0.124. The Morgan fingerprint density at radius 3 is 2.68 bits per heavy atom. The van der Waals surface area contributed by atoms with Crippen LogP contribution in [0.2, 0.25) is 0 Å². The van der Waals surface area contributed by atoms with Gasteiger partial charge >= 0.3 is 0 Å². The number of carbonyl (C=O) groups excluding carboxylic acids is 3. The van der Waals surface area contributed by atoms with E-state index in [4.69, 9.17) is 4.74 Å². The number of nitrogens with zero attached hydrogens (tertiary/aromatic N) is 1. The number of ether oxygens (including phenoxy) is 1. The third-order valence-corrected chi connectivity index (χ3v) is 7.25. The van der Waals surface area contributed by atoms with Crippen LogP contribution in [0.15, 0.2) is 60.0 Å². The zero-order valence-corrected chi connectivity index (χ0v) is 19.6. The van der Waals surface area contributed by atoms with Gasteiger partial charge in [-0.05, 0) is 59.7 Å². The summed E-state index contributed by atoms with van der Waals surface area (Å²) in [6, 6.07) is 16.2. The number of piperidine rings is 1. The number of anilines is 1. The third-order valence-electron chi connectivity index (χ3n) is 6.38. The molecule has 3 amide bonds. The summed E-state index contributed by atoms with van der Waals surface area (Å²) in [5.74, 6) is 0.308. The first kappa shape index (κ1) is 22.2. The molecule has 2 aromatic carbocycles. The van der Waals surface area contributed by atoms with E-state index in [1.165, 1.54) is 0 Å². The molecule has 1 saturated heterocycles. The van der Waals surface area contributed by atoms with Gasteiger partial charge in [0, 0.05) is 17.5 Å². The Morgan fingerprint density at radius 1 is 1.15 bits per heavy atom. The van der Waals surface area contributed by atoms with Gasteiger partial charge in [0.25, 0.3) is 5.91 Å². The molecule has 0 unspecified atom stereocenters. The van der Waals surface area contributed by atoms with Crippen LogP contribution in [0.5, 0.6) is 5.75 Å². The van der Waals surface area contributed by atoms with Crippen LogP contribution in [0.4, 0.5) is 5.69 Å². The van der Waals surface area contributed by atoms with E-state index in [1.54, 1.807) is 29.4 Å². The van der Waals surface area contributed by atoms with Gasteiger partial charge in [0.15, 0.2) is 0 Å². The zero-order valence-electron chi connectivity index (χ0n) is 18.7. The topological polar surface area (TPSA) is 87.7 Å². The van der Waals surface area contributed by atoms with Crippen LogP contribution in [0, 0.1) is 0 Å². The Hall–Kier alpha value is -3.65. The molecule has 0 saturated carbocycles. The molecule has 1 aromatic heterocycles. The van der Waals surface area contributed by atoms with E-state index in [-0.39, 0.29) is 23.8 Å². The number of benzene rings is 2. The van der Waals surface area contributed by atoms with E-state index in [9.17, 15) is 14.4 Å². The number of fused-ring (bicyclic) bond motifs is 2. The van der Waals surface area contributed by atoms with Crippen molar-refractivity contribution in [1.29, 1.82) is 0 Å². The number of methoxy groups -OCH3 is 1. The fourth-order valence-electron chi connectivity index (χ4n) is 4.60. The highest BCUT2D eigenvalue weighted by Crippen LogP contribution is 2.32. The van der Waals surface area contributed by atoms with Crippen molar-refractivity contribution in [2.45, 2.75) is 31.3 Å². The van der Waals surface area contributed by atoms with Gasteiger partial charge in [-0.3, -0.25) is 14.4 Å². The first-order valence-corrected chi connectivity index (χ1v) is 12.1. The molecule has 174 valence electrons. The van der Waals surface area contributed by atoms with E-state index >= 15 is 0 Å². The molecule has 0 radical (unpaired) electrons. The van der Waals surface area contributed by atoms with E-state index < -0.39 is 6.04 Å². The summed E-state index contributed by atoms with van der Waals surface area (Å²) in [5.41, 5.74) is 2.83. The molecule has 0 spiro atoms. The van der Waals surface area contributed by atoms with Gasteiger partial charge in [0.2, 0.25) is 11.8 Å². The second-order valence-electron chi connectivity index (χ2n) is 8.54. The van der Waals surface area contributed by atoms with Crippen LogP contribution >= 0.6 is 11.3 Å². The first-order chi connectivity index (χ1) is 16.5. The average molecular weight is 476 g/mol. The summed E-state index contributed by atoms with van der Waals surface area (Å²) < 4.78 is 5.22. The average Bonchev–Trinajstić information content (AvgIpc) is 3.33. The van der Waals surface area contributed by atoms with Crippen LogP contribution in [0.1, 0.15) is 28.1 Å². The maximum atomic E-state index is 13.5. The highest BCUT2D eigenvalue weighted by atomic mass is 32.1. The normalized spacial score (nSPS) is 19.5. The number of hydrogen-bond donors (Lipinski definition) is 2. The quantitative estimate of drug-likeness (QED) is 0.589. The predicted molar refractivity (Wildman–Crippen MR) is 131 cm³/mol. The predicted octanol–water partition coefficient (Wildman–Crippen LogP) is 3.71. The molecule has 2 aliphatic rings. The molecule has 8 heteroatoms. The fraction of sp³-hybridized carbons (Fsp3) is 0.269. The Labute approximate surface area is 201 Å². The molecule has 3 aromatic rings. The van der Waals surface area contributed by atoms with Gasteiger partial charge in [-0.2, -0.15) is 0 Å². The number of thiophene rings is 1. The lowest BCUT2D eigenvalue weighted by Gasteiger charge is -2.37. The van der Waals surface area contributed by atoms with E-state index in [0.717, 1.165) is 21.8 Å². The molecule has 3 heterocycles. The van der Waals surface area contributed by atoms with Crippen molar-refractivity contribution in [2.75, 3.05) is 19.0 Å². The van der Waals surface area contributed by atoms with Gasteiger partial charge in [-0.1, -0.05) is 24.3 Å². The highest BCUT2D eigenvalue weighted by molar-refractivity contribution is 7.10. The SMILES string of the molecule is COc1ccc(-c2ccc3c(c2)C(=O)N2CC[C@H](NC(=O)Cc4cccs4)C[C@H]2C(=O)N3)cc1. The minimum absolute atomic E-state index is 0.0614. The molecule has 34 heavy (non-hydrogen) atoms. The first-order valence-electron chi connectivity index (χ1n) is 11.2. The second-order valence-corrected chi connectivity index (χ2v) is 9.57. The van der Waals surface area contributed by atoms with Crippen molar-refractivity contribution in [3.8, 4) is 16.9 Å². The maximum Gasteiger partial charge on any atom is 0.256 e. The van der Waals surface area contributed by atoms with E-state index in [2.05, 4.69) is 10.6 Å². The van der Waals surface area contributed by atoms with Gasteiger partial charge in [-0.15, -0.1) is 11.3 Å². The number of amides is 3. The van der Waals surface area contributed by atoms with E-state index in [0.29, 0.717) is 37.1 Å². The molecule has 0 bridgehead atoms. The van der Waals surface area contributed by atoms with Crippen molar-refractivity contribution < 1.29 is 19.1 Å². The van der Waals surface area contributed by atoms with Crippen molar-refractivity contribution >= 4 is 34.7 Å². The molecule has 5 rings (SSSR count). The summed E-state index contributed by atoms with van der Waals surface area (Å²) >= 11 is 1.55. The molecule has 0 aliphatic carbocycles. The highest BCUT2D eigenvalue weighted by Gasteiger charge is 2.40. The van der Waals surface area contributed by atoms with Crippen molar-refractivity contribution in [2.24, 2.45) is 0 Å². The summed E-state index contributed by atoms with van der Waals surface area (Å²) in [6.45, 7) is 0.410. The van der Waals surface area contributed by atoms with Crippen LogP contribution in [0.25, 0.3) is 11.1 Å². The van der Waals surface area contributed by atoms with Gasteiger partial charge in [-0.25, -0.2) is 0 Å². The molecule has 2 atom stereocenters. The zero-order chi connectivity index (χ0) is 23.7. The number of rotatable bonds is 5. The number of carbonyl (C=O) groups is 3. The lowest BCUT2D eigenvalue weighted by Crippen LogP contribution is -2.55. The Bertz CT molecular complexity index is 1220. The van der Waals surface area contributed by atoms with Gasteiger partial charge in [0.05, 0.1) is 24.8 Å². The summed E-state index contributed by atoms with van der Waals surface area (Å²) in [4.78, 5) is 41.6. The lowest BCUT2D eigenvalue weighted by atomic mass is 9.95. The number of nitrogens with one attached hydrogen (secondary N) is 2. The molecular weight excluding hydrogens is 450 g/mol. The van der Waals surface area contributed by atoms with Crippen LogP contribution < -0.4 is 15.4 Å². The smallest absolute Gasteiger partial charge is 0.256 e.